The van der Waals surface area contributed by atoms with Crippen LogP contribution in [0.25, 0.3) is 0 Å². The summed E-state index contributed by atoms with van der Waals surface area (Å²) in [5, 5.41) is 3.33. The predicted octanol–water partition coefficient (Wildman–Crippen LogP) is 3.35. The molecule has 0 aliphatic heterocycles. The van der Waals surface area contributed by atoms with E-state index in [1.54, 1.807) is 7.11 Å². The van der Waals surface area contributed by atoms with Crippen molar-refractivity contribution in [2.75, 3.05) is 25.6 Å². The van der Waals surface area contributed by atoms with Gasteiger partial charge in [-0.15, -0.1) is 0 Å². The molecule has 1 aromatic rings. The lowest BCUT2D eigenvalue weighted by molar-refractivity contribution is 0.174. The average Bonchev–Trinajstić information content (AvgIpc) is 3.31. The Kier molecular flexibility index (Phi) is 5.83. The van der Waals surface area contributed by atoms with Crippen LogP contribution in [0.4, 0.5) is 5.69 Å². The second-order valence-electron chi connectivity index (χ2n) is 6.23. The smallest absolute Gasteiger partial charge is 0.193 e. The highest BCUT2D eigenvalue weighted by Gasteiger charge is 2.41. The van der Waals surface area contributed by atoms with Gasteiger partial charge in [-0.25, -0.2) is 0 Å². The van der Waals surface area contributed by atoms with E-state index in [1.807, 2.05) is 0 Å². The highest BCUT2D eigenvalue weighted by Crippen LogP contribution is 2.48. The summed E-state index contributed by atoms with van der Waals surface area (Å²) < 4.78 is 5.19. The van der Waals surface area contributed by atoms with Gasteiger partial charge in [0, 0.05) is 25.9 Å². The standard InChI is InChI=1S/C18H29N3O/c1-4-14-7-6-8-15(5-2)16(14)21-17(19)20-13-18(9-10-18)11-12-22-3/h6-8H,4-5,9-13H2,1-3H3,(H3,19,20,21). The van der Waals surface area contributed by atoms with Gasteiger partial charge in [-0.05, 0) is 48.6 Å². The fourth-order valence-corrected chi connectivity index (χ4v) is 2.81. The Hall–Kier alpha value is -1.55. The molecule has 0 unspecified atom stereocenters. The SMILES string of the molecule is CCc1cccc(CC)c1NC(N)=NCC1(CCOC)CC1. The van der Waals surface area contributed by atoms with Crippen LogP contribution in [0.1, 0.15) is 44.2 Å². The van der Waals surface area contributed by atoms with Crippen molar-refractivity contribution in [2.45, 2.75) is 46.0 Å². The number of anilines is 1. The van der Waals surface area contributed by atoms with Crippen molar-refractivity contribution in [3.05, 3.63) is 29.3 Å². The Bertz CT molecular complexity index is 499. The molecule has 1 aromatic carbocycles. The van der Waals surface area contributed by atoms with Crippen LogP contribution in [0.5, 0.6) is 0 Å². The molecule has 0 amide bonds. The summed E-state index contributed by atoms with van der Waals surface area (Å²) in [7, 11) is 1.75. The molecule has 0 spiro atoms. The van der Waals surface area contributed by atoms with E-state index >= 15 is 0 Å². The van der Waals surface area contributed by atoms with Gasteiger partial charge in [-0.1, -0.05) is 32.0 Å². The number of methoxy groups -OCH3 is 1. The predicted molar refractivity (Wildman–Crippen MR) is 93.5 cm³/mol. The maximum absolute atomic E-state index is 6.12. The fraction of sp³-hybridized carbons (Fsp3) is 0.611. The number of aryl methyl sites for hydroxylation is 2. The Labute approximate surface area is 134 Å². The molecule has 122 valence electrons. The lowest BCUT2D eigenvalue weighted by Gasteiger charge is -2.16. The Morgan fingerprint density at radius 1 is 1.27 bits per heavy atom. The first-order valence-corrected chi connectivity index (χ1v) is 8.30. The van der Waals surface area contributed by atoms with E-state index in [0.29, 0.717) is 11.4 Å². The van der Waals surface area contributed by atoms with Crippen molar-refractivity contribution in [2.24, 2.45) is 16.1 Å². The van der Waals surface area contributed by atoms with Gasteiger partial charge in [0.2, 0.25) is 0 Å². The summed E-state index contributed by atoms with van der Waals surface area (Å²) in [5.41, 5.74) is 10.2. The zero-order chi connectivity index (χ0) is 16.0. The lowest BCUT2D eigenvalue weighted by Crippen LogP contribution is -2.25. The molecule has 1 aliphatic carbocycles. The molecule has 1 aliphatic rings. The molecule has 0 atom stereocenters. The van der Waals surface area contributed by atoms with Crippen LogP contribution in [0, 0.1) is 5.41 Å². The molecule has 1 saturated carbocycles. The normalized spacial score (nSPS) is 16.6. The van der Waals surface area contributed by atoms with Gasteiger partial charge in [0.1, 0.15) is 0 Å². The molecule has 3 N–H and O–H groups in total. The van der Waals surface area contributed by atoms with E-state index in [9.17, 15) is 0 Å². The Morgan fingerprint density at radius 3 is 2.41 bits per heavy atom. The van der Waals surface area contributed by atoms with Crippen LogP contribution >= 0.6 is 0 Å². The Balaban J connectivity index is 2.02. The third-order valence-electron chi connectivity index (χ3n) is 4.63. The van der Waals surface area contributed by atoms with Crippen LogP contribution in [0.3, 0.4) is 0 Å². The monoisotopic (exact) mass is 303 g/mol. The van der Waals surface area contributed by atoms with Gasteiger partial charge in [0.25, 0.3) is 0 Å². The number of aliphatic imine (C=N–C) groups is 1. The highest BCUT2D eigenvalue weighted by atomic mass is 16.5. The summed E-state index contributed by atoms with van der Waals surface area (Å²) in [6.45, 7) is 5.93. The number of benzene rings is 1. The topological polar surface area (TPSA) is 59.6 Å². The van der Waals surface area contributed by atoms with Crippen LogP contribution in [0.2, 0.25) is 0 Å². The quantitative estimate of drug-likeness (QED) is 0.572. The number of ether oxygens (including phenoxy) is 1. The largest absolute Gasteiger partial charge is 0.385 e. The van der Waals surface area contributed by atoms with Crippen molar-refractivity contribution in [1.82, 2.24) is 0 Å². The van der Waals surface area contributed by atoms with E-state index in [-0.39, 0.29) is 0 Å². The van der Waals surface area contributed by atoms with Gasteiger partial charge in [-0.2, -0.15) is 0 Å². The summed E-state index contributed by atoms with van der Waals surface area (Å²) in [5.74, 6) is 0.527. The van der Waals surface area contributed by atoms with E-state index < -0.39 is 0 Å². The van der Waals surface area contributed by atoms with Crippen molar-refractivity contribution in [3.63, 3.8) is 0 Å². The lowest BCUT2D eigenvalue weighted by atomic mass is 10.0. The Morgan fingerprint density at radius 2 is 1.91 bits per heavy atom. The van der Waals surface area contributed by atoms with E-state index in [2.05, 4.69) is 42.4 Å². The number of rotatable bonds is 8. The van der Waals surface area contributed by atoms with Crippen molar-refractivity contribution < 1.29 is 4.74 Å². The second-order valence-corrected chi connectivity index (χ2v) is 6.23. The molecule has 1 fully saturated rings. The van der Waals surface area contributed by atoms with Gasteiger partial charge < -0.3 is 15.8 Å². The molecule has 0 bridgehead atoms. The molecule has 4 nitrogen and oxygen atoms in total. The van der Waals surface area contributed by atoms with Crippen molar-refractivity contribution in [3.8, 4) is 0 Å². The number of para-hydroxylation sites is 1. The van der Waals surface area contributed by atoms with E-state index in [4.69, 9.17) is 10.5 Å². The molecule has 22 heavy (non-hydrogen) atoms. The summed E-state index contributed by atoms with van der Waals surface area (Å²) in [6, 6.07) is 6.41. The third-order valence-corrected chi connectivity index (χ3v) is 4.63. The number of nitrogens with one attached hydrogen (secondary N) is 1. The number of nitrogens with two attached hydrogens (primary N) is 1. The van der Waals surface area contributed by atoms with Gasteiger partial charge in [-0.3, -0.25) is 4.99 Å². The minimum atomic E-state index is 0.334. The minimum Gasteiger partial charge on any atom is -0.385 e. The van der Waals surface area contributed by atoms with E-state index in [1.165, 1.54) is 24.0 Å². The van der Waals surface area contributed by atoms with Crippen LogP contribution < -0.4 is 11.1 Å². The number of hydrogen-bond acceptors (Lipinski definition) is 2. The number of hydrogen-bond donors (Lipinski definition) is 2. The van der Waals surface area contributed by atoms with Gasteiger partial charge >= 0.3 is 0 Å². The molecule has 0 heterocycles. The summed E-state index contributed by atoms with van der Waals surface area (Å²) in [6.07, 6.45) is 5.52. The van der Waals surface area contributed by atoms with Crippen LogP contribution in [0.15, 0.2) is 23.2 Å². The first-order chi connectivity index (χ1) is 10.6. The molecular formula is C18H29N3O. The van der Waals surface area contributed by atoms with Crippen LogP contribution in [-0.4, -0.2) is 26.2 Å². The van der Waals surface area contributed by atoms with Crippen molar-refractivity contribution >= 4 is 11.6 Å². The minimum absolute atomic E-state index is 0.334. The van der Waals surface area contributed by atoms with Gasteiger partial charge in [0.05, 0.1) is 0 Å². The zero-order valence-electron chi connectivity index (χ0n) is 14.1. The first-order valence-electron chi connectivity index (χ1n) is 8.30. The third kappa shape index (κ3) is 4.23. The molecule has 0 saturated heterocycles. The van der Waals surface area contributed by atoms with E-state index in [0.717, 1.165) is 38.1 Å². The number of guanidine groups is 1. The second kappa shape index (κ2) is 7.63. The fourth-order valence-electron chi connectivity index (χ4n) is 2.81. The molecule has 0 radical (unpaired) electrons. The first kappa shape index (κ1) is 16.8. The molecule has 0 aromatic heterocycles. The summed E-state index contributed by atoms with van der Waals surface area (Å²) >= 11 is 0. The average molecular weight is 303 g/mol. The maximum atomic E-state index is 6.12. The highest BCUT2D eigenvalue weighted by molar-refractivity contribution is 5.93. The number of nitrogens with zero attached hydrogens (tertiary/aromatic N) is 1. The maximum Gasteiger partial charge on any atom is 0.193 e. The molecule has 2 rings (SSSR count). The molecular weight excluding hydrogens is 274 g/mol. The van der Waals surface area contributed by atoms with Crippen molar-refractivity contribution in [1.29, 1.82) is 0 Å². The zero-order valence-corrected chi connectivity index (χ0v) is 14.1. The molecule has 4 heteroatoms. The van der Waals surface area contributed by atoms with Crippen LogP contribution in [-0.2, 0) is 17.6 Å². The van der Waals surface area contributed by atoms with Gasteiger partial charge in [0.15, 0.2) is 5.96 Å². The summed E-state index contributed by atoms with van der Waals surface area (Å²) in [4.78, 5) is 4.59.